The van der Waals surface area contributed by atoms with E-state index < -0.39 is 0 Å². The Bertz CT molecular complexity index is 3790. The Morgan fingerprint density at radius 1 is 0.467 bits per heavy atom. The molecule has 6 heterocycles. The van der Waals surface area contributed by atoms with Crippen molar-refractivity contribution in [3.05, 3.63) is 273 Å². The van der Waals surface area contributed by atoms with Gasteiger partial charge in [0.15, 0.2) is 0 Å². The zero-order valence-corrected chi connectivity index (χ0v) is 57.6. The van der Waals surface area contributed by atoms with Gasteiger partial charge in [-0.2, -0.15) is 0 Å². The van der Waals surface area contributed by atoms with Crippen molar-refractivity contribution >= 4 is 92.6 Å². The van der Waals surface area contributed by atoms with Gasteiger partial charge in [-0.1, -0.05) is 226 Å². The minimum Gasteiger partial charge on any atom is -0.399 e. The zero-order valence-electron chi connectivity index (χ0n) is 54.5. The molecule has 0 saturated carbocycles. The predicted molar refractivity (Wildman–Crippen MR) is 388 cm³/mol. The van der Waals surface area contributed by atoms with Crippen molar-refractivity contribution in [2.24, 2.45) is 0 Å². The third-order valence-electron chi connectivity index (χ3n) is 12.4. The molecule has 0 spiro atoms. The Morgan fingerprint density at radius 3 is 1.32 bits per heavy atom. The van der Waals surface area contributed by atoms with Crippen LogP contribution in [0.25, 0.3) is 22.5 Å². The van der Waals surface area contributed by atoms with E-state index >= 15 is 0 Å². The summed E-state index contributed by atoms with van der Waals surface area (Å²) in [6.07, 6.45) is 3.48. The number of aromatic amines is 1. The summed E-state index contributed by atoms with van der Waals surface area (Å²) in [5.74, 6) is 1.76. The highest BCUT2D eigenvalue weighted by Gasteiger charge is 2.51. The van der Waals surface area contributed by atoms with E-state index in [1.807, 2.05) is 263 Å². The molecule has 0 unspecified atom stereocenters. The summed E-state index contributed by atoms with van der Waals surface area (Å²) in [4.78, 5) is 47.7. The van der Waals surface area contributed by atoms with Crippen LogP contribution in [0.3, 0.4) is 0 Å². The number of aryl methyl sites for hydroxylation is 3. The van der Waals surface area contributed by atoms with E-state index in [4.69, 9.17) is 38.2 Å². The van der Waals surface area contributed by atoms with Gasteiger partial charge in [0, 0.05) is 56.3 Å². The second-order valence-electron chi connectivity index (χ2n) is 19.9. The number of pyridine rings is 1. The first-order chi connectivity index (χ1) is 44.4. The highest BCUT2D eigenvalue weighted by atomic mass is 79.9. The monoisotopic (exact) mass is 1340 g/mol. The van der Waals surface area contributed by atoms with Crippen LogP contribution in [-0.4, -0.2) is 63.2 Å². The van der Waals surface area contributed by atoms with Crippen LogP contribution >= 0.6 is 39.1 Å². The molecule has 11 aromatic rings. The van der Waals surface area contributed by atoms with Gasteiger partial charge in [-0.15, -0.1) is 0 Å². The summed E-state index contributed by atoms with van der Waals surface area (Å²) >= 11 is 14.7. The lowest BCUT2D eigenvalue weighted by molar-refractivity contribution is 0.00578. The molecule has 0 radical (unpaired) electrons. The maximum Gasteiger partial charge on any atom is 0.494 e. The number of nitrogens with zero attached hydrogens (tertiary/aromatic N) is 8. The molecule has 12 rings (SSSR count). The van der Waals surface area contributed by atoms with Crippen LogP contribution in [0.15, 0.2) is 240 Å². The Hall–Kier alpha value is -9.17. The number of nitrogens with one attached hydrogen (secondary N) is 4. The number of hydrogen-bond donors (Lipinski definition) is 5. The summed E-state index contributed by atoms with van der Waals surface area (Å²) in [7, 11) is -0.240. The third-order valence-corrected chi connectivity index (χ3v) is 13.4. The minimum absolute atomic E-state index is 0.183. The molecule has 5 aromatic heterocycles. The summed E-state index contributed by atoms with van der Waals surface area (Å²) in [5.41, 5.74) is 14.4. The van der Waals surface area contributed by atoms with Crippen molar-refractivity contribution in [2.45, 2.75) is 101 Å². The van der Waals surface area contributed by atoms with Gasteiger partial charge < -0.3 is 31.0 Å². The molecule has 6 N–H and O–H groups in total. The molecular formula is C72H83BBrCl2N13O3. The number of anilines is 7. The van der Waals surface area contributed by atoms with Crippen molar-refractivity contribution in [1.82, 2.24) is 44.9 Å². The van der Waals surface area contributed by atoms with E-state index in [-0.39, 0.29) is 29.8 Å². The van der Waals surface area contributed by atoms with Gasteiger partial charge in [0.2, 0.25) is 23.8 Å². The quantitative estimate of drug-likeness (QED) is 0.0671. The lowest BCUT2D eigenvalue weighted by Crippen LogP contribution is -2.41. The van der Waals surface area contributed by atoms with Gasteiger partial charge in [0.1, 0.15) is 10.3 Å². The fourth-order valence-electron chi connectivity index (χ4n) is 7.67. The molecule has 20 heteroatoms. The molecule has 6 aromatic carbocycles. The number of rotatable bonds is 9. The molecule has 1 aliphatic rings. The SMILES string of the molecule is Brc1ccccc1.CC.CC.CC.CC1(C)OB(c2ccccc2)OC1(C)C.Cc1cc(-c2ccccc2)nc(Nc2cccnc2)n1.Cc1cc(Cl)nc(N)n1.Cc1cc(Cl)nc(Nc2ccccc2)n1.O=c1cc(-c2ccccc2)nc(Nc2ccccc2)[nH]1. The number of para-hydroxylation sites is 2. The minimum atomic E-state index is -0.256. The maximum absolute atomic E-state index is 11.7. The van der Waals surface area contributed by atoms with E-state index in [9.17, 15) is 4.79 Å². The van der Waals surface area contributed by atoms with E-state index in [2.05, 4.69) is 104 Å². The number of nitrogens with two attached hydrogens (primary N) is 1. The van der Waals surface area contributed by atoms with Crippen LogP contribution in [0.1, 0.15) is 86.3 Å². The van der Waals surface area contributed by atoms with Gasteiger partial charge in [0.05, 0.1) is 34.5 Å². The first-order valence-electron chi connectivity index (χ1n) is 30.1. The van der Waals surface area contributed by atoms with Crippen molar-refractivity contribution in [3.8, 4) is 22.5 Å². The maximum atomic E-state index is 11.7. The molecule has 92 heavy (non-hydrogen) atoms. The van der Waals surface area contributed by atoms with Gasteiger partial charge in [0.25, 0.3) is 5.56 Å². The summed E-state index contributed by atoms with van der Waals surface area (Å²) < 4.78 is 13.0. The fraction of sp³-hybridized carbons (Fsp3) is 0.208. The lowest BCUT2D eigenvalue weighted by Gasteiger charge is -2.32. The Labute approximate surface area is 561 Å². The van der Waals surface area contributed by atoms with Crippen molar-refractivity contribution < 1.29 is 9.31 Å². The molecular weight excluding hydrogens is 1260 g/mol. The largest absolute Gasteiger partial charge is 0.494 e. The van der Waals surface area contributed by atoms with Crippen LogP contribution in [0.4, 0.5) is 40.9 Å². The topological polar surface area (TPSA) is 217 Å². The summed E-state index contributed by atoms with van der Waals surface area (Å²) in [5, 5.41) is 10.2. The molecule has 0 amide bonds. The van der Waals surface area contributed by atoms with Crippen LogP contribution in [0, 0.1) is 20.8 Å². The van der Waals surface area contributed by atoms with E-state index in [1.165, 1.54) is 6.07 Å². The number of nitrogen functional groups attached to an aromatic ring is 1. The predicted octanol–water partition coefficient (Wildman–Crippen LogP) is 18.5. The number of hydrogen-bond acceptors (Lipinski definition) is 15. The highest BCUT2D eigenvalue weighted by Crippen LogP contribution is 2.36. The molecule has 0 bridgehead atoms. The summed E-state index contributed by atoms with van der Waals surface area (Å²) in [6.45, 7) is 25.9. The van der Waals surface area contributed by atoms with E-state index in [1.54, 1.807) is 24.5 Å². The average Bonchev–Trinajstić information content (AvgIpc) is 1.64. The molecule has 1 fully saturated rings. The van der Waals surface area contributed by atoms with Gasteiger partial charge in [-0.05, 0) is 121 Å². The first kappa shape index (κ1) is 75.3. The molecule has 1 saturated heterocycles. The van der Waals surface area contributed by atoms with E-state index in [0.717, 1.165) is 60.9 Å². The summed E-state index contributed by atoms with van der Waals surface area (Å²) in [6, 6.07) is 69.7. The van der Waals surface area contributed by atoms with Crippen molar-refractivity contribution in [3.63, 3.8) is 0 Å². The number of H-pyrrole nitrogens is 1. The van der Waals surface area contributed by atoms with Gasteiger partial charge in [-0.3, -0.25) is 14.8 Å². The van der Waals surface area contributed by atoms with Gasteiger partial charge >= 0.3 is 7.12 Å². The second kappa shape index (κ2) is 40.5. The molecule has 0 aliphatic carbocycles. The zero-order chi connectivity index (χ0) is 67.3. The number of halogens is 3. The third kappa shape index (κ3) is 27.1. The molecule has 1 aliphatic heterocycles. The van der Waals surface area contributed by atoms with Crippen LogP contribution in [0.2, 0.25) is 10.3 Å². The normalized spacial score (nSPS) is 11.6. The van der Waals surface area contributed by atoms with Gasteiger partial charge in [-0.25, -0.2) is 34.9 Å². The smallest absolute Gasteiger partial charge is 0.399 e. The first-order valence-corrected chi connectivity index (χ1v) is 31.7. The van der Waals surface area contributed by atoms with Crippen molar-refractivity contribution in [2.75, 3.05) is 21.7 Å². The Balaban J connectivity index is 0.000000238. The Kier molecular flexibility index (Phi) is 33.2. The molecule has 478 valence electrons. The van der Waals surface area contributed by atoms with Crippen LogP contribution in [-0.2, 0) is 9.31 Å². The fourth-order valence-corrected chi connectivity index (χ4v) is 8.46. The standard InChI is InChI=1S/C16H14N4.C16H13N3O.C12H17BO2.C11H10ClN3.C6H5Br.C5H6ClN3.3C2H6/c1-12-10-15(13-6-3-2-4-7-13)20-16(18-12)19-14-8-5-9-17-11-14;20-15-11-14(12-7-3-1-4-8-12)18-16(19-15)17-13-9-5-2-6-10-13;1-11(2)12(3,4)15-13(14-11)10-8-6-5-7-9-10;1-8-7-10(12)15-11(13-8)14-9-5-3-2-4-6-9;7-6-4-2-1-3-5-6;1-3-2-4(6)9-5(7)8-3;3*1-2/h2-11H,1H3,(H,18,19,20);1-11H,(H2,17,18,19,20);5-9H,1-4H3;2-7H,1H3,(H,13,14,15);1-5H;2H,1H3,(H2,7,8,9);3*1-2H3. The second-order valence-corrected chi connectivity index (χ2v) is 21.6. The average molecular weight is 1340 g/mol. The molecule has 16 nitrogen and oxygen atoms in total. The number of aromatic nitrogens is 9. The lowest BCUT2D eigenvalue weighted by atomic mass is 9.79. The highest BCUT2D eigenvalue weighted by molar-refractivity contribution is 9.10. The number of benzene rings is 6. The molecule has 0 atom stereocenters. The van der Waals surface area contributed by atoms with Crippen molar-refractivity contribution in [1.29, 1.82) is 0 Å². The van der Waals surface area contributed by atoms with E-state index in [0.29, 0.717) is 33.8 Å². The van der Waals surface area contributed by atoms with Crippen LogP contribution in [0.5, 0.6) is 0 Å². The van der Waals surface area contributed by atoms with Crippen LogP contribution < -0.4 is 32.7 Å². The Morgan fingerprint density at radius 2 is 0.870 bits per heavy atom.